The van der Waals surface area contributed by atoms with E-state index in [1.807, 2.05) is 18.7 Å². The lowest BCUT2D eigenvalue weighted by Gasteiger charge is -2.37. The first-order valence-corrected chi connectivity index (χ1v) is 8.44. The molecule has 0 saturated carbocycles. The molecular formula is C16H31N3O2. The first-order chi connectivity index (χ1) is 10.1. The number of hydrogen-bond acceptors (Lipinski definition) is 4. The Labute approximate surface area is 129 Å². The van der Waals surface area contributed by atoms with Gasteiger partial charge in [-0.1, -0.05) is 6.92 Å². The number of morpholine rings is 1. The Hall–Kier alpha value is -0.650. The summed E-state index contributed by atoms with van der Waals surface area (Å²) < 4.78 is 5.70. The number of amides is 1. The molecule has 0 aromatic heterocycles. The van der Waals surface area contributed by atoms with Crippen LogP contribution in [0.15, 0.2) is 0 Å². The summed E-state index contributed by atoms with van der Waals surface area (Å²) in [5, 5.41) is 3.45. The van der Waals surface area contributed by atoms with Gasteiger partial charge in [0.1, 0.15) is 0 Å². The largest absolute Gasteiger partial charge is 0.372 e. The Kier molecular flexibility index (Phi) is 6.45. The topological polar surface area (TPSA) is 44.8 Å². The third kappa shape index (κ3) is 5.24. The van der Waals surface area contributed by atoms with E-state index in [0.29, 0.717) is 12.5 Å². The summed E-state index contributed by atoms with van der Waals surface area (Å²) in [5.74, 6) is 0.941. The third-order valence-electron chi connectivity index (χ3n) is 4.49. The van der Waals surface area contributed by atoms with Gasteiger partial charge in [-0.05, 0) is 52.2 Å². The fourth-order valence-electron chi connectivity index (χ4n) is 3.42. The maximum Gasteiger partial charge on any atom is 0.236 e. The second-order valence-corrected chi connectivity index (χ2v) is 6.60. The molecule has 21 heavy (non-hydrogen) atoms. The van der Waals surface area contributed by atoms with Crippen LogP contribution in [0.1, 0.15) is 33.6 Å². The van der Waals surface area contributed by atoms with Crippen LogP contribution >= 0.6 is 0 Å². The lowest BCUT2D eigenvalue weighted by Crippen LogP contribution is -2.51. The summed E-state index contributed by atoms with van der Waals surface area (Å²) >= 11 is 0. The van der Waals surface area contributed by atoms with Crippen molar-refractivity contribution in [2.75, 3.05) is 45.8 Å². The van der Waals surface area contributed by atoms with Gasteiger partial charge in [0.15, 0.2) is 0 Å². The molecule has 5 heteroatoms. The predicted octanol–water partition coefficient (Wildman–Crippen LogP) is 0.944. The van der Waals surface area contributed by atoms with Crippen LogP contribution in [0.25, 0.3) is 0 Å². The molecule has 2 aliphatic heterocycles. The average Bonchev–Trinajstić information content (AvgIpc) is 2.46. The number of hydrogen-bond donors (Lipinski definition) is 1. The minimum absolute atomic E-state index is 0.148. The van der Waals surface area contributed by atoms with Gasteiger partial charge in [-0.3, -0.25) is 9.69 Å². The zero-order valence-corrected chi connectivity index (χ0v) is 13.8. The Morgan fingerprint density at radius 2 is 2.05 bits per heavy atom. The van der Waals surface area contributed by atoms with Crippen LogP contribution < -0.4 is 5.32 Å². The van der Waals surface area contributed by atoms with Crippen molar-refractivity contribution in [2.24, 2.45) is 5.92 Å². The van der Waals surface area contributed by atoms with E-state index >= 15 is 0 Å². The number of carbonyl (C=O) groups is 1. The van der Waals surface area contributed by atoms with Crippen molar-refractivity contribution in [1.29, 1.82) is 0 Å². The Morgan fingerprint density at radius 1 is 1.33 bits per heavy atom. The molecule has 2 heterocycles. The summed E-state index contributed by atoms with van der Waals surface area (Å²) in [6.07, 6.45) is 2.84. The van der Waals surface area contributed by atoms with Crippen molar-refractivity contribution in [1.82, 2.24) is 15.1 Å². The van der Waals surface area contributed by atoms with Crippen LogP contribution in [0, 0.1) is 5.92 Å². The van der Waals surface area contributed by atoms with Gasteiger partial charge in [0, 0.05) is 19.6 Å². The first kappa shape index (κ1) is 16.7. The molecule has 5 nitrogen and oxygen atoms in total. The SMILES string of the molecule is CCN(CC(=O)N1CC(C)OC(C)C1)CC1CCCNC1. The maximum absolute atomic E-state index is 12.5. The molecule has 0 aliphatic carbocycles. The summed E-state index contributed by atoms with van der Waals surface area (Å²) in [7, 11) is 0. The van der Waals surface area contributed by atoms with Gasteiger partial charge in [0.25, 0.3) is 0 Å². The molecule has 0 spiro atoms. The molecule has 3 atom stereocenters. The first-order valence-electron chi connectivity index (χ1n) is 8.44. The summed E-state index contributed by atoms with van der Waals surface area (Å²) in [4.78, 5) is 16.8. The van der Waals surface area contributed by atoms with Crippen LogP contribution in [0.4, 0.5) is 0 Å². The van der Waals surface area contributed by atoms with E-state index in [4.69, 9.17) is 4.74 Å². The van der Waals surface area contributed by atoms with Crippen LogP contribution in [0.5, 0.6) is 0 Å². The number of piperidine rings is 1. The smallest absolute Gasteiger partial charge is 0.236 e. The van der Waals surface area contributed by atoms with Crippen molar-refractivity contribution < 1.29 is 9.53 Å². The summed E-state index contributed by atoms with van der Waals surface area (Å²) in [5.41, 5.74) is 0. The van der Waals surface area contributed by atoms with Gasteiger partial charge in [0.05, 0.1) is 18.8 Å². The fourth-order valence-corrected chi connectivity index (χ4v) is 3.42. The molecule has 1 amide bonds. The fraction of sp³-hybridized carbons (Fsp3) is 0.938. The van der Waals surface area contributed by atoms with Crippen molar-refractivity contribution in [3.63, 3.8) is 0 Å². The molecule has 122 valence electrons. The van der Waals surface area contributed by atoms with Crippen molar-refractivity contribution >= 4 is 5.91 Å². The average molecular weight is 297 g/mol. The van der Waals surface area contributed by atoms with E-state index in [2.05, 4.69) is 17.1 Å². The van der Waals surface area contributed by atoms with Gasteiger partial charge in [-0.25, -0.2) is 0 Å². The van der Waals surface area contributed by atoms with Crippen molar-refractivity contribution in [2.45, 2.75) is 45.8 Å². The van der Waals surface area contributed by atoms with Gasteiger partial charge in [-0.15, -0.1) is 0 Å². The van der Waals surface area contributed by atoms with Gasteiger partial charge in [0.2, 0.25) is 5.91 Å². The zero-order chi connectivity index (χ0) is 15.2. The molecule has 0 aromatic carbocycles. The van der Waals surface area contributed by atoms with Crippen LogP contribution in [0.3, 0.4) is 0 Å². The molecule has 1 N–H and O–H groups in total. The minimum atomic E-state index is 0.148. The van der Waals surface area contributed by atoms with E-state index in [-0.39, 0.29) is 18.1 Å². The Balaban J connectivity index is 1.81. The van der Waals surface area contributed by atoms with E-state index < -0.39 is 0 Å². The molecule has 2 saturated heterocycles. The molecule has 2 rings (SSSR count). The summed E-state index contributed by atoms with van der Waals surface area (Å²) in [6, 6.07) is 0. The molecule has 0 bridgehead atoms. The normalized spacial score (nSPS) is 30.7. The predicted molar refractivity (Wildman–Crippen MR) is 84.3 cm³/mol. The zero-order valence-electron chi connectivity index (χ0n) is 13.8. The van der Waals surface area contributed by atoms with E-state index in [1.54, 1.807) is 0 Å². The molecule has 2 fully saturated rings. The van der Waals surface area contributed by atoms with E-state index in [1.165, 1.54) is 12.8 Å². The second-order valence-electron chi connectivity index (χ2n) is 6.60. The lowest BCUT2D eigenvalue weighted by molar-refractivity contribution is -0.144. The highest BCUT2D eigenvalue weighted by Crippen LogP contribution is 2.14. The molecule has 2 aliphatic rings. The third-order valence-corrected chi connectivity index (χ3v) is 4.49. The highest BCUT2D eigenvalue weighted by molar-refractivity contribution is 5.78. The summed E-state index contributed by atoms with van der Waals surface area (Å²) in [6.45, 7) is 12.4. The maximum atomic E-state index is 12.5. The second kappa shape index (κ2) is 8.11. The molecule has 0 radical (unpaired) electrons. The lowest BCUT2D eigenvalue weighted by atomic mass is 9.99. The number of ether oxygens (including phenoxy) is 1. The van der Waals surface area contributed by atoms with Crippen LogP contribution in [-0.2, 0) is 9.53 Å². The van der Waals surface area contributed by atoms with E-state index in [9.17, 15) is 4.79 Å². The van der Waals surface area contributed by atoms with Crippen molar-refractivity contribution in [3.8, 4) is 0 Å². The molecular weight excluding hydrogens is 266 g/mol. The van der Waals surface area contributed by atoms with Crippen LogP contribution in [0.2, 0.25) is 0 Å². The van der Waals surface area contributed by atoms with Gasteiger partial charge >= 0.3 is 0 Å². The van der Waals surface area contributed by atoms with Crippen molar-refractivity contribution in [3.05, 3.63) is 0 Å². The minimum Gasteiger partial charge on any atom is -0.372 e. The quantitative estimate of drug-likeness (QED) is 0.820. The highest BCUT2D eigenvalue weighted by Gasteiger charge is 2.27. The van der Waals surface area contributed by atoms with Gasteiger partial charge < -0.3 is 15.0 Å². The van der Waals surface area contributed by atoms with Gasteiger partial charge in [-0.2, -0.15) is 0 Å². The number of carbonyl (C=O) groups excluding carboxylic acids is 1. The Bertz CT molecular complexity index is 321. The molecule has 0 aromatic rings. The number of rotatable bonds is 5. The van der Waals surface area contributed by atoms with Crippen LogP contribution in [-0.4, -0.2) is 73.7 Å². The number of likely N-dealkylation sites (N-methyl/N-ethyl adjacent to an activating group) is 1. The standard InChI is InChI=1S/C16H31N3O2/c1-4-18(11-15-6-5-7-17-8-15)12-16(20)19-9-13(2)21-14(3)10-19/h13-15,17H,4-12H2,1-3H3. The number of nitrogens with zero attached hydrogens (tertiary/aromatic N) is 2. The van der Waals surface area contributed by atoms with E-state index in [0.717, 1.165) is 39.3 Å². The Morgan fingerprint density at radius 3 is 2.62 bits per heavy atom. The molecule has 3 unspecified atom stereocenters. The highest BCUT2D eigenvalue weighted by atomic mass is 16.5. The number of nitrogens with one attached hydrogen (secondary N) is 1. The monoisotopic (exact) mass is 297 g/mol.